The Bertz CT molecular complexity index is 665. The van der Waals surface area contributed by atoms with E-state index in [0.29, 0.717) is 5.75 Å². The molecular weight excluding hydrogens is 210 g/mol. The Kier molecular flexibility index (Phi) is 2.15. The fourth-order valence-electron chi connectivity index (χ4n) is 2.19. The summed E-state index contributed by atoms with van der Waals surface area (Å²) < 4.78 is 2.12. The Balaban J connectivity index is 2.24. The zero-order valence-corrected chi connectivity index (χ0v) is 9.59. The lowest BCUT2D eigenvalue weighted by molar-refractivity contribution is 0.475. The van der Waals surface area contributed by atoms with Gasteiger partial charge in [-0.1, -0.05) is 18.2 Å². The molecule has 0 aliphatic carbocycles. The lowest BCUT2D eigenvalue weighted by Gasteiger charge is -2.00. The van der Waals surface area contributed by atoms with Gasteiger partial charge in [0.2, 0.25) is 0 Å². The van der Waals surface area contributed by atoms with Crippen LogP contribution in [0.15, 0.2) is 54.9 Å². The maximum absolute atomic E-state index is 9.31. The molecular formula is C15H13NO. The number of fused-ring (bicyclic) bond motifs is 1. The molecule has 0 saturated carbocycles. The first kappa shape index (κ1) is 9.97. The molecule has 0 saturated heterocycles. The first-order chi connectivity index (χ1) is 8.25. The van der Waals surface area contributed by atoms with Crippen molar-refractivity contribution in [1.82, 2.24) is 4.40 Å². The van der Waals surface area contributed by atoms with Crippen LogP contribution in [0.25, 0.3) is 16.6 Å². The third-order valence-electron chi connectivity index (χ3n) is 3.12. The van der Waals surface area contributed by atoms with E-state index in [2.05, 4.69) is 23.6 Å². The molecule has 0 aliphatic heterocycles. The monoisotopic (exact) mass is 223 g/mol. The number of rotatable bonds is 1. The second-order valence-corrected chi connectivity index (χ2v) is 4.21. The molecule has 2 heterocycles. The fraction of sp³-hybridized carbons (Fsp3) is 0.0667. The topological polar surface area (TPSA) is 24.6 Å². The minimum atomic E-state index is 0.301. The summed E-state index contributed by atoms with van der Waals surface area (Å²) in [6.07, 6.45) is 4.17. The van der Waals surface area contributed by atoms with E-state index >= 15 is 0 Å². The predicted octanol–water partition coefficient (Wildman–Crippen LogP) is 3.62. The third kappa shape index (κ3) is 1.58. The Morgan fingerprint density at radius 2 is 1.76 bits per heavy atom. The largest absolute Gasteiger partial charge is 0.508 e. The van der Waals surface area contributed by atoms with E-state index < -0.39 is 0 Å². The molecule has 0 radical (unpaired) electrons. The molecule has 2 nitrogen and oxygen atoms in total. The van der Waals surface area contributed by atoms with Crippen molar-refractivity contribution in [3.8, 4) is 16.9 Å². The number of nitrogens with zero attached hydrogens (tertiary/aromatic N) is 1. The number of hydrogen-bond donors (Lipinski definition) is 1. The van der Waals surface area contributed by atoms with E-state index in [9.17, 15) is 5.11 Å². The molecule has 0 aliphatic rings. The molecule has 3 rings (SSSR count). The third-order valence-corrected chi connectivity index (χ3v) is 3.12. The van der Waals surface area contributed by atoms with Gasteiger partial charge in [0, 0.05) is 23.5 Å². The number of aromatic nitrogens is 1. The molecule has 0 unspecified atom stereocenters. The van der Waals surface area contributed by atoms with Crippen LogP contribution in [0.3, 0.4) is 0 Å². The summed E-state index contributed by atoms with van der Waals surface area (Å²) in [6.45, 7) is 2.12. The number of phenols is 1. The molecule has 0 fully saturated rings. The minimum Gasteiger partial charge on any atom is -0.508 e. The number of hydrogen-bond acceptors (Lipinski definition) is 1. The first-order valence-corrected chi connectivity index (χ1v) is 5.61. The molecule has 84 valence electrons. The van der Waals surface area contributed by atoms with Gasteiger partial charge in [-0.25, -0.2) is 0 Å². The zero-order chi connectivity index (χ0) is 11.8. The second-order valence-electron chi connectivity index (χ2n) is 4.21. The van der Waals surface area contributed by atoms with E-state index in [4.69, 9.17) is 0 Å². The normalized spacial score (nSPS) is 10.9. The number of phenolic OH excluding ortho intramolecular Hbond substituents is 1. The highest BCUT2D eigenvalue weighted by Crippen LogP contribution is 2.28. The SMILES string of the molecule is Cc1c(-c2ccc(O)cc2)cn2ccccc12. The number of aryl methyl sites for hydroxylation is 1. The number of aromatic hydroxyl groups is 1. The van der Waals surface area contributed by atoms with Crippen molar-refractivity contribution in [2.45, 2.75) is 6.92 Å². The van der Waals surface area contributed by atoms with Crippen LogP contribution >= 0.6 is 0 Å². The van der Waals surface area contributed by atoms with Gasteiger partial charge in [0.05, 0.1) is 0 Å². The average Bonchev–Trinajstić information content (AvgIpc) is 2.69. The number of benzene rings is 1. The summed E-state index contributed by atoms with van der Waals surface area (Å²) in [5, 5.41) is 9.31. The van der Waals surface area contributed by atoms with Crippen molar-refractivity contribution < 1.29 is 5.11 Å². The van der Waals surface area contributed by atoms with Crippen LogP contribution in [0.5, 0.6) is 5.75 Å². The quantitative estimate of drug-likeness (QED) is 0.669. The van der Waals surface area contributed by atoms with Crippen LogP contribution in [-0.2, 0) is 0 Å². The van der Waals surface area contributed by atoms with Crippen molar-refractivity contribution >= 4 is 5.52 Å². The standard InChI is InChI=1S/C15H13NO/c1-11-14(12-5-7-13(17)8-6-12)10-16-9-3-2-4-15(11)16/h2-10,17H,1H3. The van der Waals surface area contributed by atoms with Crippen molar-refractivity contribution in [1.29, 1.82) is 0 Å². The maximum Gasteiger partial charge on any atom is 0.115 e. The minimum absolute atomic E-state index is 0.301. The maximum atomic E-state index is 9.31. The van der Waals surface area contributed by atoms with Gasteiger partial charge in [0.15, 0.2) is 0 Å². The van der Waals surface area contributed by atoms with Crippen molar-refractivity contribution in [2.75, 3.05) is 0 Å². The molecule has 2 heteroatoms. The smallest absolute Gasteiger partial charge is 0.115 e. The van der Waals surface area contributed by atoms with Gasteiger partial charge in [-0.2, -0.15) is 0 Å². The summed E-state index contributed by atoms with van der Waals surface area (Å²) in [5.41, 5.74) is 4.81. The lowest BCUT2D eigenvalue weighted by Crippen LogP contribution is -1.78. The predicted molar refractivity (Wildman–Crippen MR) is 69.2 cm³/mol. The van der Waals surface area contributed by atoms with Crippen LogP contribution in [0.2, 0.25) is 0 Å². The Hall–Kier alpha value is -2.22. The van der Waals surface area contributed by atoms with E-state index in [1.54, 1.807) is 12.1 Å². The fourth-order valence-corrected chi connectivity index (χ4v) is 2.19. The van der Waals surface area contributed by atoms with Crippen LogP contribution < -0.4 is 0 Å². The molecule has 3 aromatic rings. The second kappa shape index (κ2) is 3.67. The van der Waals surface area contributed by atoms with Gasteiger partial charge in [0.25, 0.3) is 0 Å². The molecule has 0 spiro atoms. The summed E-state index contributed by atoms with van der Waals surface area (Å²) in [4.78, 5) is 0. The van der Waals surface area contributed by atoms with Crippen LogP contribution in [0, 0.1) is 6.92 Å². The van der Waals surface area contributed by atoms with Crippen LogP contribution in [0.4, 0.5) is 0 Å². The summed E-state index contributed by atoms with van der Waals surface area (Å²) in [5.74, 6) is 0.301. The number of pyridine rings is 1. The molecule has 0 amide bonds. The summed E-state index contributed by atoms with van der Waals surface area (Å²) in [6, 6.07) is 13.5. The van der Waals surface area contributed by atoms with Gasteiger partial charge in [0.1, 0.15) is 5.75 Å². The Labute approximate surface area is 99.8 Å². The zero-order valence-electron chi connectivity index (χ0n) is 9.59. The highest BCUT2D eigenvalue weighted by atomic mass is 16.3. The van der Waals surface area contributed by atoms with Gasteiger partial charge in [-0.3, -0.25) is 0 Å². The van der Waals surface area contributed by atoms with E-state index in [-0.39, 0.29) is 0 Å². The van der Waals surface area contributed by atoms with Crippen molar-refractivity contribution in [3.05, 3.63) is 60.4 Å². The molecule has 0 atom stereocenters. The Morgan fingerprint density at radius 1 is 1.00 bits per heavy atom. The average molecular weight is 223 g/mol. The van der Waals surface area contributed by atoms with Gasteiger partial charge in [-0.05, 0) is 42.3 Å². The molecule has 1 N–H and O–H groups in total. The Morgan fingerprint density at radius 3 is 2.47 bits per heavy atom. The van der Waals surface area contributed by atoms with E-state index in [1.807, 2.05) is 30.5 Å². The van der Waals surface area contributed by atoms with Crippen molar-refractivity contribution in [3.63, 3.8) is 0 Å². The van der Waals surface area contributed by atoms with Crippen molar-refractivity contribution in [2.24, 2.45) is 0 Å². The molecule has 0 bridgehead atoms. The molecule has 17 heavy (non-hydrogen) atoms. The molecule has 1 aromatic carbocycles. The summed E-state index contributed by atoms with van der Waals surface area (Å²) >= 11 is 0. The lowest BCUT2D eigenvalue weighted by atomic mass is 10.0. The van der Waals surface area contributed by atoms with Crippen LogP contribution in [-0.4, -0.2) is 9.51 Å². The molecule has 2 aromatic heterocycles. The highest BCUT2D eigenvalue weighted by molar-refractivity contribution is 5.76. The van der Waals surface area contributed by atoms with E-state index in [1.165, 1.54) is 16.6 Å². The van der Waals surface area contributed by atoms with Crippen LogP contribution in [0.1, 0.15) is 5.56 Å². The van der Waals surface area contributed by atoms with Gasteiger partial charge in [-0.15, -0.1) is 0 Å². The summed E-state index contributed by atoms with van der Waals surface area (Å²) in [7, 11) is 0. The highest BCUT2D eigenvalue weighted by Gasteiger charge is 2.07. The van der Waals surface area contributed by atoms with Gasteiger partial charge >= 0.3 is 0 Å². The van der Waals surface area contributed by atoms with E-state index in [0.717, 1.165) is 5.56 Å². The van der Waals surface area contributed by atoms with Gasteiger partial charge < -0.3 is 9.51 Å². The first-order valence-electron chi connectivity index (χ1n) is 5.61.